The van der Waals surface area contributed by atoms with Crippen LogP contribution in [-0.2, 0) is 33.4 Å². The lowest BCUT2D eigenvalue weighted by atomic mass is 10.0. The Morgan fingerprint density at radius 3 is 2.00 bits per heavy atom. The predicted molar refractivity (Wildman–Crippen MR) is 78.1 cm³/mol. The van der Waals surface area contributed by atoms with E-state index in [9.17, 15) is 19.2 Å². The highest BCUT2D eigenvalue weighted by Gasteiger charge is 2.53. The minimum Gasteiger partial charge on any atom is -0.466 e. The zero-order valence-electron chi connectivity index (χ0n) is 14.1. The first kappa shape index (κ1) is 18.7. The number of carbonyl (C=O) groups is 4. The molecule has 23 heavy (non-hydrogen) atoms. The van der Waals surface area contributed by atoms with Gasteiger partial charge in [-0.1, -0.05) is 0 Å². The highest BCUT2D eigenvalue weighted by molar-refractivity contribution is 6.26. The summed E-state index contributed by atoms with van der Waals surface area (Å²) in [6.07, 6.45) is 0. The molecule has 1 atom stereocenters. The van der Waals surface area contributed by atoms with Gasteiger partial charge in [0.1, 0.15) is 5.57 Å². The van der Waals surface area contributed by atoms with Crippen molar-refractivity contribution in [2.24, 2.45) is 0 Å². The topological polar surface area (TPSA) is 99.2 Å². The summed E-state index contributed by atoms with van der Waals surface area (Å²) in [5, 5.41) is 0. The maximum atomic E-state index is 12.7. The van der Waals surface area contributed by atoms with Crippen LogP contribution in [0.5, 0.6) is 0 Å². The Morgan fingerprint density at radius 1 is 1.09 bits per heavy atom. The van der Waals surface area contributed by atoms with Crippen LogP contribution in [0.4, 0.5) is 0 Å². The summed E-state index contributed by atoms with van der Waals surface area (Å²) >= 11 is 0. The molecule has 1 aliphatic heterocycles. The Bertz CT molecular complexity index is 571. The van der Waals surface area contributed by atoms with Gasteiger partial charge >= 0.3 is 17.9 Å². The molecule has 0 N–H and O–H groups in total. The smallest absolute Gasteiger partial charge is 0.344 e. The zero-order chi connectivity index (χ0) is 17.9. The summed E-state index contributed by atoms with van der Waals surface area (Å²) in [5.74, 6) is -3.54. The fourth-order valence-corrected chi connectivity index (χ4v) is 2.38. The number of carbonyl (C=O) groups excluding carboxylic acids is 4. The molecule has 1 unspecified atom stereocenters. The van der Waals surface area contributed by atoms with Gasteiger partial charge in [-0.2, -0.15) is 0 Å². The number of amides is 1. The molecule has 1 rings (SSSR count). The van der Waals surface area contributed by atoms with E-state index in [0.29, 0.717) is 0 Å². The molecule has 0 bridgehead atoms. The van der Waals surface area contributed by atoms with Crippen LogP contribution in [0.25, 0.3) is 0 Å². The minimum atomic E-state index is -1.36. The molecule has 0 aromatic carbocycles. The molecule has 8 heteroatoms. The fourth-order valence-electron chi connectivity index (χ4n) is 2.38. The highest BCUT2D eigenvalue weighted by Crippen LogP contribution is 2.34. The Labute approximate surface area is 134 Å². The molecule has 128 valence electrons. The first-order valence-electron chi connectivity index (χ1n) is 7.02. The molecule has 1 heterocycles. The van der Waals surface area contributed by atoms with Gasteiger partial charge < -0.3 is 19.1 Å². The lowest BCUT2D eigenvalue weighted by Gasteiger charge is -2.36. The highest BCUT2D eigenvalue weighted by atomic mass is 16.5. The van der Waals surface area contributed by atoms with Crippen molar-refractivity contribution in [3.8, 4) is 0 Å². The molecular weight excluding hydrogens is 306 g/mol. The Balaban J connectivity index is 3.60. The maximum Gasteiger partial charge on any atom is 0.344 e. The standard InChI is InChI=1S/C15H21NO7/c1-7-23-14(20)10-8(12(18)21-5)9(13(19)22-6)11(17)16(10)15(2,3)4/h10H,7H2,1-6H3. The van der Waals surface area contributed by atoms with Gasteiger partial charge in [0.25, 0.3) is 5.91 Å². The lowest BCUT2D eigenvalue weighted by molar-refractivity contribution is -0.155. The molecule has 1 amide bonds. The van der Waals surface area contributed by atoms with Crippen molar-refractivity contribution in [3.63, 3.8) is 0 Å². The van der Waals surface area contributed by atoms with E-state index in [-0.39, 0.29) is 12.2 Å². The third-order valence-electron chi connectivity index (χ3n) is 3.26. The van der Waals surface area contributed by atoms with Crippen molar-refractivity contribution in [1.82, 2.24) is 4.90 Å². The van der Waals surface area contributed by atoms with E-state index in [1.807, 2.05) is 0 Å². The van der Waals surface area contributed by atoms with Crippen LogP contribution in [0.2, 0.25) is 0 Å². The van der Waals surface area contributed by atoms with E-state index in [1.54, 1.807) is 27.7 Å². The Kier molecular flexibility index (Phi) is 5.52. The van der Waals surface area contributed by atoms with Crippen molar-refractivity contribution in [2.75, 3.05) is 20.8 Å². The van der Waals surface area contributed by atoms with E-state index >= 15 is 0 Å². The van der Waals surface area contributed by atoms with Crippen molar-refractivity contribution in [1.29, 1.82) is 0 Å². The lowest BCUT2D eigenvalue weighted by Crippen LogP contribution is -2.53. The molecule has 0 aromatic rings. The SMILES string of the molecule is CCOC(=O)C1C(C(=O)OC)=C(C(=O)OC)C(=O)N1C(C)(C)C. The minimum absolute atomic E-state index is 0.0590. The van der Waals surface area contributed by atoms with E-state index in [0.717, 1.165) is 19.1 Å². The van der Waals surface area contributed by atoms with E-state index in [1.165, 1.54) is 0 Å². The van der Waals surface area contributed by atoms with Crippen molar-refractivity contribution in [3.05, 3.63) is 11.1 Å². The van der Waals surface area contributed by atoms with Gasteiger partial charge in [0.15, 0.2) is 6.04 Å². The predicted octanol–water partition coefficient (Wildman–Crippen LogP) is 0.201. The van der Waals surface area contributed by atoms with Crippen LogP contribution >= 0.6 is 0 Å². The van der Waals surface area contributed by atoms with Crippen LogP contribution in [0.3, 0.4) is 0 Å². The van der Waals surface area contributed by atoms with Gasteiger partial charge in [0, 0.05) is 5.54 Å². The van der Waals surface area contributed by atoms with Gasteiger partial charge in [-0.15, -0.1) is 0 Å². The van der Waals surface area contributed by atoms with Crippen molar-refractivity contribution >= 4 is 23.8 Å². The van der Waals surface area contributed by atoms with E-state index in [4.69, 9.17) is 4.74 Å². The van der Waals surface area contributed by atoms with E-state index in [2.05, 4.69) is 9.47 Å². The molecule has 0 aromatic heterocycles. The summed E-state index contributed by atoms with van der Waals surface area (Å²) in [6.45, 7) is 6.67. The summed E-state index contributed by atoms with van der Waals surface area (Å²) in [4.78, 5) is 50.2. The van der Waals surface area contributed by atoms with Crippen LogP contribution in [0.1, 0.15) is 27.7 Å². The molecule has 0 saturated heterocycles. The van der Waals surface area contributed by atoms with Crippen LogP contribution in [0.15, 0.2) is 11.1 Å². The van der Waals surface area contributed by atoms with Crippen LogP contribution in [0, 0.1) is 0 Å². The van der Waals surface area contributed by atoms with Gasteiger partial charge in [0.2, 0.25) is 0 Å². The number of esters is 3. The molecular formula is C15H21NO7. The van der Waals surface area contributed by atoms with E-state index < -0.39 is 41.0 Å². The van der Waals surface area contributed by atoms with Crippen LogP contribution in [-0.4, -0.2) is 61.1 Å². The Morgan fingerprint density at radius 2 is 1.61 bits per heavy atom. The second-order valence-electron chi connectivity index (χ2n) is 5.77. The van der Waals surface area contributed by atoms with Gasteiger partial charge in [-0.3, -0.25) is 4.79 Å². The van der Waals surface area contributed by atoms with Crippen LogP contribution < -0.4 is 0 Å². The van der Waals surface area contributed by atoms with Crippen molar-refractivity contribution in [2.45, 2.75) is 39.3 Å². The number of rotatable bonds is 4. The molecule has 0 fully saturated rings. The Hall–Kier alpha value is -2.38. The molecule has 0 spiro atoms. The first-order chi connectivity index (χ1) is 10.6. The quantitative estimate of drug-likeness (QED) is 0.413. The maximum absolute atomic E-state index is 12.7. The second-order valence-corrected chi connectivity index (χ2v) is 5.77. The third-order valence-corrected chi connectivity index (χ3v) is 3.26. The van der Waals surface area contributed by atoms with Gasteiger partial charge in [-0.25, -0.2) is 14.4 Å². The van der Waals surface area contributed by atoms with Gasteiger partial charge in [-0.05, 0) is 27.7 Å². The molecule has 0 saturated carbocycles. The largest absolute Gasteiger partial charge is 0.466 e. The molecule has 8 nitrogen and oxygen atoms in total. The average molecular weight is 327 g/mol. The number of methoxy groups -OCH3 is 2. The average Bonchev–Trinajstić information content (AvgIpc) is 2.79. The molecule has 1 aliphatic rings. The van der Waals surface area contributed by atoms with Crippen molar-refractivity contribution < 1.29 is 33.4 Å². The fraction of sp³-hybridized carbons (Fsp3) is 0.600. The third kappa shape index (κ3) is 3.35. The van der Waals surface area contributed by atoms with Gasteiger partial charge in [0.05, 0.1) is 26.4 Å². The monoisotopic (exact) mass is 327 g/mol. The summed E-state index contributed by atoms with van der Waals surface area (Å²) in [7, 11) is 2.17. The number of nitrogens with zero attached hydrogens (tertiary/aromatic N) is 1. The molecule has 0 radical (unpaired) electrons. The summed E-state index contributed by atoms with van der Waals surface area (Å²) in [5.41, 5.74) is -1.71. The number of ether oxygens (including phenoxy) is 3. The number of hydrogen-bond donors (Lipinski definition) is 0. The normalized spacial score (nSPS) is 18.1. The molecule has 0 aliphatic carbocycles. The first-order valence-corrected chi connectivity index (χ1v) is 7.02. The summed E-state index contributed by atoms with van der Waals surface area (Å²) in [6, 6.07) is -1.36. The second kappa shape index (κ2) is 6.80. The summed E-state index contributed by atoms with van der Waals surface area (Å²) < 4.78 is 14.2. The number of hydrogen-bond acceptors (Lipinski definition) is 7. The zero-order valence-corrected chi connectivity index (χ0v) is 14.1.